The summed E-state index contributed by atoms with van der Waals surface area (Å²) >= 11 is 0. The Labute approximate surface area is 181 Å². The van der Waals surface area contributed by atoms with E-state index in [9.17, 15) is 18.0 Å². The molecule has 1 saturated heterocycles. The molecule has 3 rings (SSSR count). The fourth-order valence-corrected chi connectivity index (χ4v) is 3.88. The van der Waals surface area contributed by atoms with Gasteiger partial charge in [0.15, 0.2) is 9.84 Å². The highest BCUT2D eigenvalue weighted by atomic mass is 32.2. The number of aromatic nitrogens is 1. The van der Waals surface area contributed by atoms with Crippen LogP contribution in [0.3, 0.4) is 0 Å². The minimum atomic E-state index is -3.28. The lowest BCUT2D eigenvalue weighted by atomic mass is 10.2. The number of rotatable bonds is 5. The summed E-state index contributed by atoms with van der Waals surface area (Å²) in [6.45, 7) is 4.50. The van der Waals surface area contributed by atoms with Gasteiger partial charge in [0, 0.05) is 44.3 Å². The Morgan fingerprint density at radius 2 is 1.81 bits per heavy atom. The fraction of sp³-hybridized carbons (Fsp3) is 0.381. The lowest BCUT2D eigenvalue weighted by Crippen LogP contribution is -2.38. The number of carbonyl (C=O) groups excluding carboxylic acids is 2. The lowest BCUT2D eigenvalue weighted by molar-refractivity contribution is 0.0526. The van der Waals surface area contributed by atoms with Gasteiger partial charge >= 0.3 is 12.0 Å². The summed E-state index contributed by atoms with van der Waals surface area (Å²) in [7, 11) is -3.28. The van der Waals surface area contributed by atoms with Crippen molar-refractivity contribution in [3.8, 4) is 0 Å². The third-order valence-electron chi connectivity index (χ3n) is 4.90. The molecule has 2 heterocycles. The molecule has 1 aliphatic heterocycles. The van der Waals surface area contributed by atoms with Crippen molar-refractivity contribution in [2.24, 2.45) is 0 Å². The third kappa shape index (κ3) is 5.94. The van der Waals surface area contributed by atoms with E-state index in [1.54, 1.807) is 36.1 Å². The van der Waals surface area contributed by atoms with E-state index < -0.39 is 15.8 Å². The van der Waals surface area contributed by atoms with Gasteiger partial charge in [-0.15, -0.1) is 0 Å². The van der Waals surface area contributed by atoms with Crippen LogP contribution < -0.4 is 10.2 Å². The zero-order valence-electron chi connectivity index (χ0n) is 17.6. The van der Waals surface area contributed by atoms with Gasteiger partial charge in [-0.25, -0.2) is 23.0 Å². The summed E-state index contributed by atoms with van der Waals surface area (Å²) in [5.74, 6) is 0.344. The molecule has 0 radical (unpaired) electrons. The summed E-state index contributed by atoms with van der Waals surface area (Å²) in [4.78, 5) is 32.8. The Kier molecular flexibility index (Phi) is 7.11. The highest BCUT2D eigenvalue weighted by Crippen LogP contribution is 2.17. The molecule has 31 heavy (non-hydrogen) atoms. The molecule has 9 nitrogen and oxygen atoms in total. The maximum absolute atomic E-state index is 12.6. The van der Waals surface area contributed by atoms with Crippen LogP contribution in [-0.4, -0.2) is 69.3 Å². The Hall–Kier alpha value is -3.14. The molecule has 166 valence electrons. The van der Waals surface area contributed by atoms with Gasteiger partial charge in [-0.3, -0.25) is 0 Å². The smallest absolute Gasteiger partial charge is 0.339 e. The average Bonchev–Trinajstić information content (AvgIpc) is 3.00. The minimum absolute atomic E-state index is 0.206. The van der Waals surface area contributed by atoms with Crippen LogP contribution in [0.25, 0.3) is 0 Å². The number of pyridine rings is 1. The fourth-order valence-electron chi connectivity index (χ4n) is 3.25. The molecule has 1 N–H and O–H groups in total. The standard InChI is InChI=1S/C21H26N4O5S/c1-3-30-20(26)16-5-10-19(22-15-16)24-11-4-12-25(14-13-24)21(27)23-17-6-8-18(9-7-17)31(2,28)29/h5-10,15H,3-4,11-14H2,1-2H3,(H,23,27). The van der Waals surface area contributed by atoms with Crippen LogP contribution in [-0.2, 0) is 14.6 Å². The van der Waals surface area contributed by atoms with E-state index >= 15 is 0 Å². The van der Waals surface area contributed by atoms with Crippen molar-refractivity contribution >= 4 is 33.3 Å². The lowest BCUT2D eigenvalue weighted by Gasteiger charge is -2.23. The molecule has 10 heteroatoms. The van der Waals surface area contributed by atoms with Crippen molar-refractivity contribution < 1.29 is 22.7 Å². The largest absolute Gasteiger partial charge is 0.462 e. The van der Waals surface area contributed by atoms with Gasteiger partial charge in [0.1, 0.15) is 5.82 Å². The molecule has 0 bridgehead atoms. The molecule has 1 aromatic heterocycles. The van der Waals surface area contributed by atoms with Crippen molar-refractivity contribution in [1.29, 1.82) is 0 Å². The molecular weight excluding hydrogens is 420 g/mol. The predicted molar refractivity (Wildman–Crippen MR) is 117 cm³/mol. The van der Waals surface area contributed by atoms with E-state index in [1.807, 2.05) is 0 Å². The quantitative estimate of drug-likeness (QED) is 0.703. The summed E-state index contributed by atoms with van der Waals surface area (Å²) in [5, 5.41) is 2.81. The number of anilines is 2. The van der Waals surface area contributed by atoms with Crippen LogP contribution in [0.1, 0.15) is 23.7 Å². The van der Waals surface area contributed by atoms with Gasteiger partial charge in [-0.1, -0.05) is 0 Å². The number of ether oxygens (including phenoxy) is 1. The maximum Gasteiger partial charge on any atom is 0.339 e. The van der Waals surface area contributed by atoms with Crippen LogP contribution in [0.4, 0.5) is 16.3 Å². The minimum Gasteiger partial charge on any atom is -0.462 e. The number of sulfone groups is 1. The molecular formula is C21H26N4O5S. The number of nitrogens with zero attached hydrogens (tertiary/aromatic N) is 3. The number of esters is 1. The zero-order valence-corrected chi connectivity index (χ0v) is 18.4. The topological polar surface area (TPSA) is 109 Å². The van der Waals surface area contributed by atoms with Crippen molar-refractivity contribution in [1.82, 2.24) is 9.88 Å². The van der Waals surface area contributed by atoms with Crippen molar-refractivity contribution in [2.75, 3.05) is 49.3 Å². The van der Waals surface area contributed by atoms with E-state index in [4.69, 9.17) is 4.74 Å². The molecule has 0 unspecified atom stereocenters. The molecule has 1 aliphatic rings. The zero-order chi connectivity index (χ0) is 22.4. The number of amides is 2. The molecule has 0 aliphatic carbocycles. The van der Waals surface area contributed by atoms with Crippen LogP contribution in [0.5, 0.6) is 0 Å². The monoisotopic (exact) mass is 446 g/mol. The van der Waals surface area contributed by atoms with Crippen LogP contribution in [0.2, 0.25) is 0 Å². The Morgan fingerprint density at radius 1 is 1.06 bits per heavy atom. The number of urea groups is 1. The second-order valence-electron chi connectivity index (χ2n) is 7.18. The van der Waals surface area contributed by atoms with E-state index in [1.165, 1.54) is 18.3 Å². The number of hydrogen-bond donors (Lipinski definition) is 1. The van der Waals surface area contributed by atoms with Crippen molar-refractivity contribution in [3.05, 3.63) is 48.2 Å². The molecule has 2 aromatic rings. The van der Waals surface area contributed by atoms with Gasteiger partial charge in [-0.05, 0) is 49.7 Å². The van der Waals surface area contributed by atoms with Crippen molar-refractivity contribution in [3.63, 3.8) is 0 Å². The highest BCUT2D eigenvalue weighted by molar-refractivity contribution is 7.90. The first-order valence-corrected chi connectivity index (χ1v) is 11.9. The first-order valence-electron chi connectivity index (χ1n) is 10.0. The SMILES string of the molecule is CCOC(=O)c1ccc(N2CCCN(C(=O)Nc3ccc(S(C)(=O)=O)cc3)CC2)nc1. The molecule has 2 amide bonds. The maximum atomic E-state index is 12.6. The van der Waals surface area contributed by atoms with Gasteiger partial charge in [0.25, 0.3) is 0 Å². The Balaban J connectivity index is 1.58. The van der Waals surface area contributed by atoms with E-state index in [2.05, 4.69) is 15.2 Å². The molecule has 1 aromatic carbocycles. The molecule has 0 atom stereocenters. The summed E-state index contributed by atoms with van der Waals surface area (Å²) < 4.78 is 28.1. The first-order chi connectivity index (χ1) is 14.8. The second-order valence-corrected chi connectivity index (χ2v) is 9.20. The van der Waals surface area contributed by atoms with Gasteiger partial charge in [0.05, 0.1) is 17.1 Å². The molecule has 0 spiro atoms. The summed E-state index contributed by atoms with van der Waals surface area (Å²) in [6.07, 6.45) is 3.41. The first kappa shape index (κ1) is 22.5. The number of benzene rings is 1. The van der Waals surface area contributed by atoms with E-state index in [0.717, 1.165) is 25.0 Å². The summed E-state index contributed by atoms with van der Waals surface area (Å²) in [6, 6.07) is 9.34. The number of carbonyl (C=O) groups is 2. The number of hydrogen-bond acceptors (Lipinski definition) is 7. The van der Waals surface area contributed by atoms with Crippen LogP contribution >= 0.6 is 0 Å². The molecule has 1 fully saturated rings. The van der Waals surface area contributed by atoms with Gasteiger partial charge in [0.2, 0.25) is 0 Å². The van der Waals surface area contributed by atoms with Crippen LogP contribution in [0, 0.1) is 0 Å². The summed E-state index contributed by atoms with van der Waals surface area (Å²) in [5.41, 5.74) is 0.943. The van der Waals surface area contributed by atoms with E-state index in [0.29, 0.717) is 37.5 Å². The van der Waals surface area contributed by atoms with Crippen LogP contribution in [0.15, 0.2) is 47.5 Å². The predicted octanol–water partition coefficient (Wildman–Crippen LogP) is 2.41. The van der Waals surface area contributed by atoms with E-state index in [-0.39, 0.29) is 10.9 Å². The van der Waals surface area contributed by atoms with Gasteiger partial charge in [-0.2, -0.15) is 0 Å². The molecule has 0 saturated carbocycles. The number of nitrogens with one attached hydrogen (secondary N) is 1. The van der Waals surface area contributed by atoms with Crippen molar-refractivity contribution in [2.45, 2.75) is 18.2 Å². The highest BCUT2D eigenvalue weighted by Gasteiger charge is 2.20. The second kappa shape index (κ2) is 9.78. The normalized spacial score (nSPS) is 14.6. The average molecular weight is 447 g/mol. The third-order valence-corrected chi connectivity index (χ3v) is 6.03. The Morgan fingerprint density at radius 3 is 2.42 bits per heavy atom. The van der Waals surface area contributed by atoms with Gasteiger partial charge < -0.3 is 19.9 Å². The Bertz CT molecular complexity index is 1020.